The van der Waals surface area contributed by atoms with Crippen molar-refractivity contribution in [2.45, 2.75) is 23.9 Å². The Bertz CT molecular complexity index is 744. The second-order valence-corrected chi connectivity index (χ2v) is 6.57. The Labute approximate surface area is 136 Å². The molecule has 0 spiro atoms. The normalized spacial score (nSPS) is 14.5. The molecule has 2 nitrogen and oxygen atoms in total. The summed E-state index contributed by atoms with van der Waals surface area (Å²) in [6, 6.07) is 9.79. The maximum atomic E-state index is 12.6. The third kappa shape index (κ3) is 3.85. The molecule has 1 aromatic carbocycles. The van der Waals surface area contributed by atoms with Gasteiger partial charge < -0.3 is 0 Å². The van der Waals surface area contributed by atoms with Gasteiger partial charge in [0.2, 0.25) is 0 Å². The molecule has 0 radical (unpaired) electrons. The molecule has 23 heavy (non-hydrogen) atoms. The first-order chi connectivity index (χ1) is 11.0. The molecule has 0 saturated heterocycles. The number of rotatable bonds is 4. The van der Waals surface area contributed by atoms with Crippen LogP contribution in [0.1, 0.15) is 24.0 Å². The van der Waals surface area contributed by atoms with Crippen LogP contribution in [0.2, 0.25) is 0 Å². The Hall–Kier alpha value is -2.00. The van der Waals surface area contributed by atoms with Gasteiger partial charge in [-0.05, 0) is 43.0 Å². The first kappa shape index (κ1) is 15.9. The number of halogens is 3. The minimum atomic E-state index is -4.39. The van der Waals surface area contributed by atoms with Crippen LogP contribution in [0, 0.1) is 17.2 Å². The number of nitrogens with zero attached hydrogens (tertiary/aromatic N) is 2. The van der Waals surface area contributed by atoms with Gasteiger partial charge in [0.15, 0.2) is 0 Å². The molecule has 3 rings (SSSR count). The van der Waals surface area contributed by atoms with E-state index in [-0.39, 0.29) is 0 Å². The highest BCUT2D eigenvalue weighted by molar-refractivity contribution is 7.99. The van der Waals surface area contributed by atoms with Gasteiger partial charge in [-0.3, -0.25) is 4.98 Å². The van der Waals surface area contributed by atoms with Crippen LogP contribution < -0.4 is 0 Å². The average molecular weight is 334 g/mol. The Kier molecular flexibility index (Phi) is 4.31. The van der Waals surface area contributed by atoms with Crippen LogP contribution in [0.4, 0.5) is 13.2 Å². The van der Waals surface area contributed by atoms with Crippen LogP contribution in [0.15, 0.2) is 41.4 Å². The monoisotopic (exact) mass is 334 g/mol. The van der Waals surface area contributed by atoms with Gasteiger partial charge in [-0.15, -0.1) is 11.8 Å². The first-order valence-corrected chi connectivity index (χ1v) is 8.16. The lowest BCUT2D eigenvalue weighted by atomic mass is 10.1. The number of aromatic nitrogens is 1. The van der Waals surface area contributed by atoms with Crippen molar-refractivity contribution in [2.75, 3.05) is 5.75 Å². The maximum absolute atomic E-state index is 12.6. The van der Waals surface area contributed by atoms with Gasteiger partial charge in [-0.2, -0.15) is 18.4 Å². The Morgan fingerprint density at radius 3 is 2.57 bits per heavy atom. The van der Waals surface area contributed by atoms with E-state index in [2.05, 4.69) is 11.1 Å². The molecule has 1 fully saturated rings. The summed E-state index contributed by atoms with van der Waals surface area (Å²) in [5.74, 6) is 1.69. The zero-order valence-electron chi connectivity index (χ0n) is 12.1. The summed E-state index contributed by atoms with van der Waals surface area (Å²) in [7, 11) is 0. The summed E-state index contributed by atoms with van der Waals surface area (Å²) in [4.78, 5) is 4.77. The first-order valence-electron chi connectivity index (χ1n) is 7.18. The topological polar surface area (TPSA) is 36.7 Å². The second-order valence-electron chi connectivity index (χ2n) is 5.51. The standard InChI is InChI=1S/C17H13F3N2S/c18-17(19,20)14-5-6-15(22-9-14)12-3-4-13(8-21)16(7-12)23-10-11-1-2-11/h3-7,9,11H,1-2,10H2. The molecule has 1 aliphatic carbocycles. The van der Waals surface area contributed by atoms with Crippen molar-refractivity contribution in [1.29, 1.82) is 5.26 Å². The van der Waals surface area contributed by atoms with Gasteiger partial charge in [0.1, 0.15) is 6.07 Å². The molecule has 6 heteroatoms. The van der Waals surface area contributed by atoms with E-state index < -0.39 is 11.7 Å². The number of hydrogen-bond acceptors (Lipinski definition) is 3. The third-order valence-corrected chi connectivity index (χ3v) is 4.95. The van der Waals surface area contributed by atoms with Crippen molar-refractivity contribution in [3.63, 3.8) is 0 Å². The SMILES string of the molecule is N#Cc1ccc(-c2ccc(C(F)(F)F)cn2)cc1SCC1CC1. The summed E-state index contributed by atoms with van der Waals surface area (Å²) in [6.07, 6.45) is -1.09. The van der Waals surface area contributed by atoms with E-state index in [4.69, 9.17) is 0 Å². The Morgan fingerprint density at radius 1 is 1.22 bits per heavy atom. The van der Waals surface area contributed by atoms with Gasteiger partial charge >= 0.3 is 6.18 Å². The van der Waals surface area contributed by atoms with Crippen LogP contribution in [0.3, 0.4) is 0 Å². The third-order valence-electron chi connectivity index (χ3n) is 3.66. The predicted molar refractivity (Wildman–Crippen MR) is 82.8 cm³/mol. The highest BCUT2D eigenvalue weighted by Gasteiger charge is 2.30. The highest BCUT2D eigenvalue weighted by atomic mass is 32.2. The van der Waals surface area contributed by atoms with Crippen LogP contribution in [0.5, 0.6) is 0 Å². The van der Waals surface area contributed by atoms with Crippen molar-refractivity contribution >= 4 is 11.8 Å². The molecular formula is C17H13F3N2S. The molecule has 118 valence electrons. The van der Waals surface area contributed by atoms with E-state index in [0.29, 0.717) is 11.3 Å². The highest BCUT2D eigenvalue weighted by Crippen LogP contribution is 2.37. The molecule has 1 heterocycles. The van der Waals surface area contributed by atoms with E-state index in [9.17, 15) is 18.4 Å². The lowest BCUT2D eigenvalue weighted by molar-refractivity contribution is -0.137. The molecule has 0 unspecified atom stereocenters. The number of nitriles is 1. The summed E-state index contributed by atoms with van der Waals surface area (Å²) in [5.41, 5.74) is 1.01. The molecular weight excluding hydrogens is 321 g/mol. The predicted octanol–water partition coefficient (Wildman–Crippen LogP) is 5.14. The summed E-state index contributed by atoms with van der Waals surface area (Å²) < 4.78 is 37.8. The number of benzene rings is 1. The fourth-order valence-corrected chi connectivity index (χ4v) is 3.35. The second kappa shape index (κ2) is 6.25. The van der Waals surface area contributed by atoms with Crippen molar-refractivity contribution < 1.29 is 13.2 Å². The van der Waals surface area contributed by atoms with Crippen molar-refractivity contribution in [1.82, 2.24) is 4.98 Å². The molecule has 0 aliphatic heterocycles. The zero-order chi connectivity index (χ0) is 16.4. The molecule has 0 atom stereocenters. The van der Waals surface area contributed by atoms with Crippen molar-refractivity contribution in [3.8, 4) is 17.3 Å². The molecule has 1 saturated carbocycles. The molecule has 2 aromatic rings. The number of thioether (sulfide) groups is 1. The minimum Gasteiger partial charge on any atom is -0.256 e. The number of pyridine rings is 1. The largest absolute Gasteiger partial charge is 0.417 e. The lowest BCUT2D eigenvalue weighted by Crippen LogP contribution is -2.05. The number of hydrogen-bond donors (Lipinski definition) is 0. The fourth-order valence-electron chi connectivity index (χ4n) is 2.12. The molecule has 1 aromatic heterocycles. The van der Waals surface area contributed by atoms with Gasteiger partial charge in [0.25, 0.3) is 0 Å². The van der Waals surface area contributed by atoms with E-state index in [0.717, 1.165) is 34.4 Å². The van der Waals surface area contributed by atoms with Crippen LogP contribution >= 0.6 is 11.8 Å². The molecule has 0 amide bonds. The van der Waals surface area contributed by atoms with E-state index >= 15 is 0 Å². The fraction of sp³-hybridized carbons (Fsp3) is 0.294. The van der Waals surface area contributed by atoms with E-state index in [1.54, 1.807) is 23.9 Å². The van der Waals surface area contributed by atoms with Gasteiger partial charge in [-0.25, -0.2) is 0 Å². The molecule has 1 aliphatic rings. The Balaban J connectivity index is 1.86. The van der Waals surface area contributed by atoms with Gasteiger partial charge in [0.05, 0.1) is 16.8 Å². The lowest BCUT2D eigenvalue weighted by Gasteiger charge is -2.09. The summed E-state index contributed by atoms with van der Waals surface area (Å²) >= 11 is 1.63. The van der Waals surface area contributed by atoms with Gasteiger partial charge in [0, 0.05) is 22.4 Å². The molecule has 0 bridgehead atoms. The maximum Gasteiger partial charge on any atom is 0.417 e. The molecule has 0 N–H and O–H groups in total. The van der Waals surface area contributed by atoms with Crippen LogP contribution in [-0.2, 0) is 6.18 Å². The summed E-state index contributed by atoms with van der Waals surface area (Å²) in [6.45, 7) is 0. The van der Waals surface area contributed by atoms with E-state index in [1.165, 1.54) is 18.9 Å². The quantitative estimate of drug-likeness (QED) is 0.726. The Morgan fingerprint density at radius 2 is 2.00 bits per heavy atom. The van der Waals surface area contributed by atoms with E-state index in [1.807, 2.05) is 6.07 Å². The zero-order valence-corrected chi connectivity index (χ0v) is 12.9. The summed E-state index contributed by atoms with van der Waals surface area (Å²) in [5, 5.41) is 9.18. The van der Waals surface area contributed by atoms with Crippen LogP contribution in [0.25, 0.3) is 11.3 Å². The van der Waals surface area contributed by atoms with Gasteiger partial charge in [-0.1, -0.05) is 6.07 Å². The van der Waals surface area contributed by atoms with Crippen molar-refractivity contribution in [3.05, 3.63) is 47.7 Å². The minimum absolute atomic E-state index is 0.468. The van der Waals surface area contributed by atoms with Crippen LogP contribution in [-0.4, -0.2) is 10.7 Å². The van der Waals surface area contributed by atoms with Crippen molar-refractivity contribution in [2.24, 2.45) is 5.92 Å². The number of alkyl halides is 3. The smallest absolute Gasteiger partial charge is 0.256 e. The average Bonchev–Trinajstić information content (AvgIpc) is 3.36.